The van der Waals surface area contributed by atoms with Gasteiger partial charge in [0.15, 0.2) is 0 Å². The number of methoxy groups -OCH3 is 2. The highest BCUT2D eigenvalue weighted by atomic mass is 28.3. The normalized spacial score (nSPS) is 14.4. The van der Waals surface area contributed by atoms with Crippen molar-refractivity contribution in [2.75, 3.05) is 26.7 Å². The van der Waals surface area contributed by atoms with Crippen molar-refractivity contribution in [1.82, 2.24) is 0 Å². The molecule has 0 N–H and O–H groups in total. The van der Waals surface area contributed by atoms with Crippen molar-refractivity contribution in [3.63, 3.8) is 0 Å². The Labute approximate surface area is 96.4 Å². The third-order valence-corrected chi connectivity index (χ3v) is 11.0. The highest BCUT2D eigenvalue weighted by molar-refractivity contribution is 6.85. The summed E-state index contributed by atoms with van der Waals surface area (Å²) in [6.45, 7) is 13.9. The molecule has 92 valence electrons. The fourth-order valence-electron chi connectivity index (χ4n) is 2.53. The van der Waals surface area contributed by atoms with E-state index in [1.165, 1.54) is 0 Å². The lowest BCUT2D eigenvalue weighted by atomic mass is 10.2. The van der Waals surface area contributed by atoms with E-state index in [0.717, 1.165) is 12.5 Å². The lowest BCUT2D eigenvalue weighted by Crippen LogP contribution is -2.59. The summed E-state index contributed by atoms with van der Waals surface area (Å²) in [5.41, 5.74) is 0. The molecule has 0 saturated carbocycles. The monoisotopic (exact) mass is 232 g/mol. The Morgan fingerprint density at radius 3 is 1.13 bits per heavy atom. The zero-order valence-corrected chi connectivity index (χ0v) is 12.7. The van der Waals surface area contributed by atoms with Gasteiger partial charge in [0.1, 0.15) is 8.07 Å². The van der Waals surface area contributed by atoms with Gasteiger partial charge in [-0.1, -0.05) is 41.5 Å². The van der Waals surface area contributed by atoms with Crippen molar-refractivity contribution in [2.45, 2.75) is 51.6 Å². The number of ether oxygens (including phenoxy) is 2. The third-order valence-electron chi connectivity index (χ3n) is 3.65. The van der Waals surface area contributed by atoms with Gasteiger partial charge in [0.05, 0.1) is 0 Å². The van der Waals surface area contributed by atoms with Crippen LogP contribution in [0.2, 0.25) is 10.1 Å². The van der Waals surface area contributed by atoms with E-state index in [0.29, 0.717) is 0 Å². The molecule has 0 rings (SSSR count). The summed E-state index contributed by atoms with van der Waals surface area (Å²) in [6.07, 6.45) is 1.74. The molecule has 2 nitrogen and oxygen atoms in total. The van der Waals surface area contributed by atoms with Crippen LogP contribution in [0.4, 0.5) is 0 Å². The summed E-state index contributed by atoms with van der Waals surface area (Å²) < 4.78 is 11.0. The van der Waals surface area contributed by atoms with E-state index in [-0.39, 0.29) is 10.1 Å². The summed E-state index contributed by atoms with van der Waals surface area (Å²) in [7, 11) is 1.96. The molecule has 0 bridgehead atoms. The van der Waals surface area contributed by atoms with Gasteiger partial charge in [-0.2, -0.15) is 0 Å². The number of rotatable bonds is 4. The minimum absolute atomic E-state index is 0.289. The van der Waals surface area contributed by atoms with Crippen LogP contribution in [0, 0.1) is 0 Å². The second kappa shape index (κ2) is 4.98. The van der Waals surface area contributed by atoms with Crippen LogP contribution >= 0.6 is 0 Å². The minimum Gasteiger partial charge on any atom is -0.388 e. The van der Waals surface area contributed by atoms with Gasteiger partial charge in [0.2, 0.25) is 0 Å². The van der Waals surface area contributed by atoms with E-state index < -0.39 is 8.07 Å². The first-order valence-corrected chi connectivity index (χ1v) is 8.02. The van der Waals surface area contributed by atoms with Crippen LogP contribution in [-0.2, 0) is 9.47 Å². The summed E-state index contributed by atoms with van der Waals surface area (Å²) in [6, 6.07) is 0. The fourth-order valence-corrected chi connectivity index (χ4v) is 7.58. The van der Waals surface area contributed by atoms with Crippen LogP contribution in [-0.4, -0.2) is 34.8 Å². The third kappa shape index (κ3) is 3.05. The summed E-state index contributed by atoms with van der Waals surface area (Å²) in [4.78, 5) is 0. The van der Waals surface area contributed by atoms with Gasteiger partial charge in [-0.25, -0.2) is 0 Å². The molecule has 0 unspecified atom stereocenters. The van der Waals surface area contributed by atoms with Gasteiger partial charge in [-0.3, -0.25) is 0 Å². The van der Waals surface area contributed by atoms with E-state index in [2.05, 4.69) is 41.5 Å². The molecule has 3 heteroatoms. The quantitative estimate of drug-likeness (QED) is 0.692. The first kappa shape index (κ1) is 15.1. The molecule has 0 radical (unpaired) electrons. The molecule has 0 amide bonds. The molecule has 0 aliphatic rings. The largest absolute Gasteiger partial charge is 0.388 e. The van der Waals surface area contributed by atoms with E-state index in [9.17, 15) is 0 Å². The van der Waals surface area contributed by atoms with Crippen LogP contribution in [0.25, 0.3) is 0 Å². The molecule has 0 atom stereocenters. The Balaban J connectivity index is 5.28. The smallest absolute Gasteiger partial charge is 0.123 e. The first-order valence-electron chi connectivity index (χ1n) is 5.60. The standard InChI is InChI=1S/C12H28O2Si/c1-11(2,3)15(9-13-7,10-14-8)12(4,5)6/h9-10H2,1-8H3. The van der Waals surface area contributed by atoms with Crippen LogP contribution in [0.15, 0.2) is 0 Å². The molecule has 0 fully saturated rings. The Morgan fingerprint density at radius 1 is 0.733 bits per heavy atom. The van der Waals surface area contributed by atoms with E-state index in [4.69, 9.17) is 9.47 Å². The minimum atomic E-state index is -1.64. The highest BCUT2D eigenvalue weighted by Crippen LogP contribution is 2.50. The topological polar surface area (TPSA) is 18.5 Å². The van der Waals surface area contributed by atoms with Crippen molar-refractivity contribution in [2.24, 2.45) is 0 Å². The Bertz CT molecular complexity index is 167. The first-order chi connectivity index (χ1) is 6.62. The fraction of sp³-hybridized carbons (Fsp3) is 1.00. The zero-order chi connectivity index (χ0) is 12.3. The summed E-state index contributed by atoms with van der Waals surface area (Å²) >= 11 is 0. The molecule has 0 spiro atoms. The van der Waals surface area contributed by atoms with Crippen LogP contribution in [0.1, 0.15) is 41.5 Å². The van der Waals surface area contributed by atoms with Crippen LogP contribution in [0.5, 0.6) is 0 Å². The van der Waals surface area contributed by atoms with Gasteiger partial charge in [0.25, 0.3) is 0 Å². The molecule has 0 aromatic heterocycles. The maximum atomic E-state index is 5.49. The van der Waals surface area contributed by atoms with Crippen molar-refractivity contribution in [3.8, 4) is 0 Å². The second-order valence-corrected chi connectivity index (χ2v) is 12.2. The number of hydrogen-bond donors (Lipinski definition) is 0. The molecule has 15 heavy (non-hydrogen) atoms. The Hall–Kier alpha value is 0.137. The molecule has 0 aliphatic heterocycles. The Morgan fingerprint density at radius 2 is 1.00 bits per heavy atom. The SMILES string of the molecule is COC[Si](COC)(C(C)(C)C)C(C)(C)C. The average molecular weight is 232 g/mol. The molecule has 0 aromatic rings. The predicted octanol–water partition coefficient (Wildman–Crippen LogP) is 3.41. The molecular weight excluding hydrogens is 204 g/mol. The lowest BCUT2D eigenvalue weighted by molar-refractivity contribution is 0.202. The van der Waals surface area contributed by atoms with Crippen LogP contribution in [0.3, 0.4) is 0 Å². The van der Waals surface area contributed by atoms with E-state index >= 15 is 0 Å². The van der Waals surface area contributed by atoms with Crippen LogP contribution < -0.4 is 0 Å². The molecule has 0 aromatic carbocycles. The Kier molecular flexibility index (Phi) is 5.02. The van der Waals surface area contributed by atoms with Gasteiger partial charge in [0, 0.05) is 26.7 Å². The molecule has 0 heterocycles. The molecular formula is C12H28O2Si. The zero-order valence-electron chi connectivity index (χ0n) is 11.7. The molecule has 0 aliphatic carbocycles. The highest BCUT2D eigenvalue weighted by Gasteiger charge is 2.53. The van der Waals surface area contributed by atoms with Crippen molar-refractivity contribution in [3.05, 3.63) is 0 Å². The van der Waals surface area contributed by atoms with Crippen molar-refractivity contribution >= 4 is 8.07 Å². The maximum absolute atomic E-state index is 5.49. The van der Waals surface area contributed by atoms with Gasteiger partial charge in [-0.05, 0) is 10.1 Å². The maximum Gasteiger partial charge on any atom is 0.123 e. The van der Waals surface area contributed by atoms with Crippen molar-refractivity contribution in [1.29, 1.82) is 0 Å². The lowest BCUT2D eigenvalue weighted by Gasteiger charge is -2.50. The summed E-state index contributed by atoms with van der Waals surface area (Å²) in [5, 5.41) is 0.578. The average Bonchev–Trinajstić information content (AvgIpc) is 1.99. The van der Waals surface area contributed by atoms with Gasteiger partial charge < -0.3 is 9.47 Å². The van der Waals surface area contributed by atoms with Gasteiger partial charge >= 0.3 is 0 Å². The molecule has 0 saturated heterocycles. The second-order valence-electron chi connectivity index (χ2n) is 6.45. The van der Waals surface area contributed by atoms with E-state index in [1.54, 1.807) is 14.2 Å². The van der Waals surface area contributed by atoms with E-state index in [1.807, 2.05) is 0 Å². The van der Waals surface area contributed by atoms with Gasteiger partial charge in [-0.15, -0.1) is 0 Å². The number of hydrogen-bond acceptors (Lipinski definition) is 2. The van der Waals surface area contributed by atoms with Crippen molar-refractivity contribution < 1.29 is 9.47 Å². The summed E-state index contributed by atoms with van der Waals surface area (Å²) in [5.74, 6) is 0. The predicted molar refractivity (Wildman–Crippen MR) is 68.9 cm³/mol.